The molecule has 0 bridgehead atoms. The van der Waals surface area contributed by atoms with E-state index in [2.05, 4.69) is 26.6 Å². The van der Waals surface area contributed by atoms with E-state index in [4.69, 9.17) is 0 Å². The average Bonchev–Trinajstić information content (AvgIpc) is 3.53. The van der Waals surface area contributed by atoms with E-state index in [1.54, 1.807) is 18.2 Å². The number of nitrogens with one attached hydrogen (secondary N) is 2. The number of rotatable bonds is 4. The van der Waals surface area contributed by atoms with Crippen molar-refractivity contribution < 1.29 is 14.0 Å². The lowest BCUT2D eigenvalue weighted by Gasteiger charge is -2.19. The molecule has 2 amide bonds. The van der Waals surface area contributed by atoms with E-state index in [0.29, 0.717) is 21.6 Å². The topological polar surface area (TPSA) is 58.2 Å². The standard InChI is InChI=1S/C25H20BrFN2O2/c1-13-4-2-3-5-19(13)23-22-20(25(31)29-23)11-17(26)12-21(22)28-24(30)16-8-15(14-6-7-14)9-18(27)10-16/h2-5,8-12,14,23H,6-7H2,1H3,(H,28,30)(H,29,31). The molecule has 5 rings (SSSR count). The van der Waals surface area contributed by atoms with Gasteiger partial charge in [-0.25, -0.2) is 4.39 Å². The van der Waals surface area contributed by atoms with E-state index < -0.39 is 11.7 Å². The molecule has 3 aromatic rings. The second kappa shape index (κ2) is 7.61. The molecule has 2 N–H and O–H groups in total. The number of carbonyl (C=O) groups excluding carboxylic acids is 2. The summed E-state index contributed by atoms with van der Waals surface area (Å²) in [7, 11) is 0. The van der Waals surface area contributed by atoms with Gasteiger partial charge >= 0.3 is 0 Å². The summed E-state index contributed by atoms with van der Waals surface area (Å²) < 4.78 is 14.8. The summed E-state index contributed by atoms with van der Waals surface area (Å²) in [5, 5.41) is 5.95. The Morgan fingerprint density at radius 3 is 2.65 bits per heavy atom. The Labute approximate surface area is 188 Å². The average molecular weight is 479 g/mol. The fourth-order valence-electron chi connectivity index (χ4n) is 4.24. The van der Waals surface area contributed by atoms with Crippen molar-refractivity contribution in [3.05, 3.63) is 98.3 Å². The molecule has 2 aliphatic rings. The van der Waals surface area contributed by atoms with Crippen molar-refractivity contribution in [2.24, 2.45) is 0 Å². The predicted octanol–water partition coefficient (Wildman–Crippen LogP) is 5.86. The van der Waals surface area contributed by atoms with Crippen molar-refractivity contribution in [2.75, 3.05) is 5.32 Å². The maximum Gasteiger partial charge on any atom is 0.255 e. The Balaban J connectivity index is 1.55. The van der Waals surface area contributed by atoms with Crippen LogP contribution in [0.4, 0.5) is 10.1 Å². The third kappa shape index (κ3) is 3.76. The first kappa shape index (κ1) is 19.9. The Morgan fingerprint density at radius 2 is 1.90 bits per heavy atom. The SMILES string of the molecule is Cc1ccccc1C1NC(=O)c2cc(Br)cc(NC(=O)c3cc(F)cc(C4CC4)c3)c21. The van der Waals surface area contributed by atoms with Gasteiger partial charge in [0.1, 0.15) is 5.82 Å². The molecular weight excluding hydrogens is 459 g/mol. The molecule has 156 valence electrons. The molecule has 0 spiro atoms. The van der Waals surface area contributed by atoms with Gasteiger partial charge in [0.05, 0.1) is 6.04 Å². The molecule has 0 saturated heterocycles. The van der Waals surface area contributed by atoms with Crippen LogP contribution in [-0.4, -0.2) is 11.8 Å². The highest BCUT2D eigenvalue weighted by atomic mass is 79.9. The lowest BCUT2D eigenvalue weighted by molar-refractivity contribution is 0.0959. The summed E-state index contributed by atoms with van der Waals surface area (Å²) in [5.41, 5.74) is 4.90. The van der Waals surface area contributed by atoms with Gasteiger partial charge in [0.25, 0.3) is 11.8 Å². The molecule has 31 heavy (non-hydrogen) atoms. The van der Waals surface area contributed by atoms with E-state index in [1.165, 1.54) is 12.1 Å². The highest BCUT2D eigenvalue weighted by molar-refractivity contribution is 9.10. The van der Waals surface area contributed by atoms with Crippen molar-refractivity contribution in [1.82, 2.24) is 5.32 Å². The van der Waals surface area contributed by atoms with E-state index in [-0.39, 0.29) is 17.5 Å². The van der Waals surface area contributed by atoms with Crippen LogP contribution in [0.25, 0.3) is 0 Å². The molecule has 0 aromatic heterocycles. The second-order valence-electron chi connectivity index (χ2n) is 8.18. The predicted molar refractivity (Wildman–Crippen MR) is 121 cm³/mol. The van der Waals surface area contributed by atoms with E-state index in [0.717, 1.165) is 35.1 Å². The largest absolute Gasteiger partial charge is 0.341 e. The second-order valence-corrected chi connectivity index (χ2v) is 9.09. The zero-order chi connectivity index (χ0) is 21.7. The van der Waals surface area contributed by atoms with Gasteiger partial charge in [0, 0.05) is 26.9 Å². The zero-order valence-electron chi connectivity index (χ0n) is 16.8. The number of fused-ring (bicyclic) bond motifs is 1. The van der Waals surface area contributed by atoms with Gasteiger partial charge in [-0.15, -0.1) is 0 Å². The van der Waals surface area contributed by atoms with Crippen molar-refractivity contribution in [2.45, 2.75) is 31.7 Å². The summed E-state index contributed by atoms with van der Waals surface area (Å²) in [6.45, 7) is 1.99. The minimum atomic E-state index is -0.413. The van der Waals surface area contributed by atoms with Gasteiger partial charge in [0.2, 0.25) is 0 Å². The van der Waals surface area contributed by atoms with Gasteiger partial charge in [-0.3, -0.25) is 9.59 Å². The minimum absolute atomic E-state index is 0.193. The van der Waals surface area contributed by atoms with E-state index in [9.17, 15) is 14.0 Å². The maximum atomic E-state index is 14.1. The van der Waals surface area contributed by atoms with Crippen LogP contribution in [0.5, 0.6) is 0 Å². The summed E-state index contributed by atoms with van der Waals surface area (Å²) >= 11 is 3.44. The number of carbonyl (C=O) groups is 2. The van der Waals surface area contributed by atoms with Crippen LogP contribution in [-0.2, 0) is 0 Å². The molecule has 6 heteroatoms. The molecule has 3 aromatic carbocycles. The van der Waals surface area contributed by atoms with Crippen molar-refractivity contribution in [1.29, 1.82) is 0 Å². The van der Waals surface area contributed by atoms with Gasteiger partial charge in [0.15, 0.2) is 0 Å². The summed E-state index contributed by atoms with van der Waals surface area (Å²) in [5.74, 6) is -0.667. The number of halogens is 2. The molecule has 1 unspecified atom stereocenters. The first-order valence-corrected chi connectivity index (χ1v) is 11.0. The number of aryl methyl sites for hydroxylation is 1. The first-order valence-electron chi connectivity index (χ1n) is 10.2. The molecule has 0 radical (unpaired) electrons. The molecule has 1 aliphatic carbocycles. The van der Waals surface area contributed by atoms with Crippen LogP contribution < -0.4 is 10.6 Å². The third-order valence-electron chi connectivity index (χ3n) is 5.93. The maximum absolute atomic E-state index is 14.1. The molecule has 1 saturated carbocycles. The Hall–Kier alpha value is -2.99. The number of hydrogen-bond donors (Lipinski definition) is 2. The fraction of sp³-hybridized carbons (Fsp3) is 0.200. The monoisotopic (exact) mass is 478 g/mol. The highest BCUT2D eigenvalue weighted by Crippen LogP contribution is 2.41. The first-order chi connectivity index (χ1) is 14.9. The van der Waals surface area contributed by atoms with Crippen LogP contribution in [0.15, 0.2) is 59.1 Å². The van der Waals surface area contributed by atoms with Crippen molar-refractivity contribution >= 4 is 33.4 Å². The molecule has 1 fully saturated rings. The van der Waals surface area contributed by atoms with Crippen LogP contribution in [0.1, 0.15) is 67.8 Å². The third-order valence-corrected chi connectivity index (χ3v) is 6.39. The fourth-order valence-corrected chi connectivity index (χ4v) is 4.69. The molecular formula is C25H20BrFN2O2. The summed E-state index contributed by atoms with van der Waals surface area (Å²) in [4.78, 5) is 25.8. The van der Waals surface area contributed by atoms with Crippen LogP contribution in [0.2, 0.25) is 0 Å². The van der Waals surface area contributed by atoms with Gasteiger partial charge in [-0.1, -0.05) is 40.2 Å². The van der Waals surface area contributed by atoms with Crippen LogP contribution in [0.3, 0.4) is 0 Å². The summed E-state index contributed by atoms with van der Waals surface area (Å²) in [6, 6.07) is 15.5. The quantitative estimate of drug-likeness (QED) is 0.493. The molecule has 1 aliphatic heterocycles. The Kier molecular flexibility index (Phi) is 4.89. The smallest absolute Gasteiger partial charge is 0.255 e. The Morgan fingerprint density at radius 1 is 1.13 bits per heavy atom. The summed E-state index contributed by atoms with van der Waals surface area (Å²) in [6.07, 6.45) is 2.05. The van der Waals surface area contributed by atoms with Crippen molar-refractivity contribution in [3.63, 3.8) is 0 Å². The minimum Gasteiger partial charge on any atom is -0.341 e. The number of benzene rings is 3. The van der Waals surface area contributed by atoms with Gasteiger partial charge < -0.3 is 10.6 Å². The number of amides is 2. The van der Waals surface area contributed by atoms with Crippen LogP contribution in [0, 0.1) is 12.7 Å². The van der Waals surface area contributed by atoms with Crippen LogP contribution >= 0.6 is 15.9 Å². The van der Waals surface area contributed by atoms with Gasteiger partial charge in [-0.2, -0.15) is 0 Å². The zero-order valence-corrected chi connectivity index (χ0v) is 18.4. The normalized spacial score (nSPS) is 17.3. The lowest BCUT2D eigenvalue weighted by Crippen LogP contribution is -2.21. The molecule has 4 nitrogen and oxygen atoms in total. The van der Waals surface area contributed by atoms with Gasteiger partial charge in [-0.05, 0) is 72.7 Å². The molecule has 1 heterocycles. The highest BCUT2D eigenvalue weighted by Gasteiger charge is 2.34. The number of hydrogen-bond acceptors (Lipinski definition) is 2. The van der Waals surface area contributed by atoms with E-state index in [1.807, 2.05) is 31.2 Å². The van der Waals surface area contributed by atoms with E-state index >= 15 is 0 Å². The number of anilines is 1. The van der Waals surface area contributed by atoms with Crippen molar-refractivity contribution in [3.8, 4) is 0 Å². The lowest BCUT2D eigenvalue weighted by atomic mass is 9.93. The Bertz CT molecular complexity index is 1240. The molecule has 1 atom stereocenters.